The van der Waals surface area contributed by atoms with Gasteiger partial charge in [-0.05, 0) is 18.2 Å². The molecular weight excluding hydrogens is 317 g/mol. The molecule has 23 heavy (non-hydrogen) atoms. The van der Waals surface area contributed by atoms with Gasteiger partial charge in [0, 0.05) is 6.92 Å². The van der Waals surface area contributed by atoms with E-state index >= 15 is 0 Å². The van der Waals surface area contributed by atoms with Crippen molar-refractivity contribution in [3.8, 4) is 0 Å². The first-order valence-electron chi connectivity index (χ1n) is 6.51. The zero-order chi connectivity index (χ0) is 16.9. The van der Waals surface area contributed by atoms with Crippen molar-refractivity contribution in [2.75, 3.05) is 4.90 Å². The Morgan fingerprint density at radius 3 is 2.57 bits per heavy atom. The lowest BCUT2D eigenvalue weighted by Gasteiger charge is -2.17. The monoisotopic (exact) mass is 326 g/mol. The standard InChI is InChI=1S/C14H9F3N2O4/c1-6(20)10-9-11(23-18-10)13(22)19(12(9)21)8-4-2-3-7(5-8)14(15,16)17/h2-5,9,11H,1H3/t9-,11-/m0/s1. The molecule has 2 amide bonds. The minimum absolute atomic E-state index is 0.206. The van der Waals surface area contributed by atoms with Crippen LogP contribution >= 0.6 is 0 Å². The van der Waals surface area contributed by atoms with Gasteiger partial charge in [-0.25, -0.2) is 4.90 Å². The number of anilines is 1. The van der Waals surface area contributed by atoms with Gasteiger partial charge >= 0.3 is 6.18 Å². The lowest BCUT2D eigenvalue weighted by molar-refractivity contribution is -0.137. The molecule has 2 atom stereocenters. The molecule has 0 saturated carbocycles. The van der Waals surface area contributed by atoms with Crippen molar-refractivity contribution in [1.29, 1.82) is 0 Å². The van der Waals surface area contributed by atoms with Gasteiger partial charge in [0.2, 0.25) is 12.0 Å². The van der Waals surface area contributed by atoms with E-state index in [1.165, 1.54) is 6.07 Å². The second kappa shape index (κ2) is 4.90. The Hall–Kier alpha value is -2.71. The van der Waals surface area contributed by atoms with E-state index in [4.69, 9.17) is 4.84 Å². The number of fused-ring (bicyclic) bond motifs is 1. The summed E-state index contributed by atoms with van der Waals surface area (Å²) in [5.74, 6) is -3.43. The minimum Gasteiger partial charge on any atom is -0.381 e. The van der Waals surface area contributed by atoms with Gasteiger partial charge < -0.3 is 4.84 Å². The molecule has 3 rings (SSSR count). The van der Waals surface area contributed by atoms with Crippen LogP contribution in [0.25, 0.3) is 0 Å². The molecule has 2 aliphatic heterocycles. The molecule has 0 bridgehead atoms. The number of nitrogens with zero attached hydrogens (tertiary/aromatic N) is 2. The number of hydrogen-bond donors (Lipinski definition) is 0. The van der Waals surface area contributed by atoms with Crippen LogP contribution in [0.3, 0.4) is 0 Å². The average Bonchev–Trinajstić information content (AvgIpc) is 3.00. The van der Waals surface area contributed by atoms with E-state index in [2.05, 4.69) is 5.16 Å². The zero-order valence-corrected chi connectivity index (χ0v) is 11.6. The fraction of sp³-hybridized carbons (Fsp3) is 0.286. The Morgan fingerprint density at radius 2 is 1.96 bits per heavy atom. The molecule has 2 aliphatic rings. The van der Waals surface area contributed by atoms with Crippen LogP contribution in [0.2, 0.25) is 0 Å². The van der Waals surface area contributed by atoms with Crippen LogP contribution in [-0.2, 0) is 25.4 Å². The average molecular weight is 326 g/mol. The Morgan fingerprint density at radius 1 is 1.26 bits per heavy atom. The number of alkyl halides is 3. The molecule has 0 unspecified atom stereocenters. The number of ketones is 1. The quantitative estimate of drug-likeness (QED) is 0.773. The normalized spacial score (nSPS) is 23.7. The van der Waals surface area contributed by atoms with Crippen molar-refractivity contribution in [2.24, 2.45) is 11.1 Å². The second-order valence-electron chi connectivity index (χ2n) is 5.10. The minimum atomic E-state index is -4.61. The summed E-state index contributed by atoms with van der Waals surface area (Å²) in [6.07, 6.45) is -5.92. The Kier molecular flexibility index (Phi) is 3.24. The first-order valence-corrected chi connectivity index (χ1v) is 6.51. The molecule has 2 heterocycles. The largest absolute Gasteiger partial charge is 0.416 e. The molecule has 120 valence electrons. The van der Waals surface area contributed by atoms with E-state index < -0.39 is 41.4 Å². The van der Waals surface area contributed by atoms with Crippen LogP contribution in [0, 0.1) is 5.92 Å². The maximum absolute atomic E-state index is 12.8. The molecule has 0 aromatic heterocycles. The van der Waals surface area contributed by atoms with Crippen LogP contribution in [0.1, 0.15) is 12.5 Å². The van der Waals surface area contributed by atoms with Gasteiger partial charge in [0.15, 0.2) is 5.78 Å². The highest BCUT2D eigenvalue weighted by atomic mass is 19.4. The summed E-state index contributed by atoms with van der Waals surface area (Å²) in [5, 5.41) is 3.42. The van der Waals surface area contributed by atoms with E-state index in [9.17, 15) is 27.6 Å². The number of Topliss-reactive ketones (excluding diaryl/α,β-unsaturated/α-hetero) is 1. The predicted octanol–water partition coefficient (Wildman–Crippen LogP) is 1.54. The van der Waals surface area contributed by atoms with Gasteiger partial charge in [0.05, 0.1) is 11.3 Å². The number of carbonyl (C=O) groups is 3. The smallest absolute Gasteiger partial charge is 0.381 e. The number of imide groups is 1. The van der Waals surface area contributed by atoms with Crippen molar-refractivity contribution >= 4 is 29.0 Å². The molecule has 1 fully saturated rings. The lowest BCUT2D eigenvalue weighted by Crippen LogP contribution is -2.34. The number of halogens is 3. The molecule has 1 aromatic rings. The van der Waals surface area contributed by atoms with Crippen LogP contribution in [0.5, 0.6) is 0 Å². The molecular formula is C14H9F3N2O4. The van der Waals surface area contributed by atoms with E-state index in [-0.39, 0.29) is 11.4 Å². The van der Waals surface area contributed by atoms with Gasteiger partial charge in [-0.3, -0.25) is 14.4 Å². The summed E-state index contributed by atoms with van der Waals surface area (Å²) in [5.41, 5.74) is -1.42. The molecule has 1 saturated heterocycles. The fourth-order valence-electron chi connectivity index (χ4n) is 2.54. The van der Waals surface area contributed by atoms with E-state index in [0.717, 1.165) is 19.1 Å². The third-order valence-electron chi connectivity index (χ3n) is 3.60. The van der Waals surface area contributed by atoms with Gasteiger partial charge in [-0.15, -0.1) is 0 Å². The SMILES string of the molecule is CC(=O)C1=NO[C@@H]2C(=O)N(c3cccc(C(F)(F)F)c3)C(=O)[C@@H]12. The molecule has 0 spiro atoms. The second-order valence-corrected chi connectivity index (χ2v) is 5.10. The third-order valence-corrected chi connectivity index (χ3v) is 3.60. The van der Waals surface area contributed by atoms with Crippen molar-refractivity contribution < 1.29 is 32.4 Å². The van der Waals surface area contributed by atoms with E-state index in [1.54, 1.807) is 0 Å². The number of amides is 2. The van der Waals surface area contributed by atoms with Gasteiger partial charge in [-0.2, -0.15) is 13.2 Å². The zero-order valence-electron chi connectivity index (χ0n) is 11.6. The number of carbonyl (C=O) groups excluding carboxylic acids is 3. The van der Waals surface area contributed by atoms with Gasteiger partial charge in [-0.1, -0.05) is 11.2 Å². The first-order chi connectivity index (χ1) is 10.7. The van der Waals surface area contributed by atoms with Gasteiger partial charge in [0.1, 0.15) is 11.6 Å². The number of hydrogen-bond acceptors (Lipinski definition) is 5. The highest BCUT2D eigenvalue weighted by Gasteiger charge is 2.57. The van der Waals surface area contributed by atoms with Crippen LogP contribution in [0.4, 0.5) is 18.9 Å². The Bertz CT molecular complexity index is 757. The van der Waals surface area contributed by atoms with E-state index in [1.807, 2.05) is 0 Å². The predicted molar refractivity (Wildman–Crippen MR) is 70.4 cm³/mol. The summed E-state index contributed by atoms with van der Waals surface area (Å²) < 4.78 is 38.3. The Labute approximate surface area is 127 Å². The molecule has 0 aliphatic carbocycles. The molecule has 0 radical (unpaired) electrons. The van der Waals surface area contributed by atoms with Crippen molar-refractivity contribution in [3.63, 3.8) is 0 Å². The summed E-state index contributed by atoms with van der Waals surface area (Å²) in [4.78, 5) is 41.5. The molecule has 9 heteroatoms. The summed E-state index contributed by atoms with van der Waals surface area (Å²) in [6.45, 7) is 1.16. The first kappa shape index (κ1) is 15.2. The molecule has 6 nitrogen and oxygen atoms in total. The number of rotatable bonds is 2. The molecule has 0 N–H and O–H groups in total. The number of oxime groups is 1. The Balaban J connectivity index is 2.00. The highest BCUT2D eigenvalue weighted by Crippen LogP contribution is 2.36. The van der Waals surface area contributed by atoms with Crippen molar-refractivity contribution in [1.82, 2.24) is 0 Å². The van der Waals surface area contributed by atoms with Crippen molar-refractivity contribution in [2.45, 2.75) is 19.2 Å². The summed E-state index contributed by atoms with van der Waals surface area (Å²) in [6, 6.07) is 3.82. The summed E-state index contributed by atoms with van der Waals surface area (Å²) >= 11 is 0. The van der Waals surface area contributed by atoms with Crippen LogP contribution < -0.4 is 4.90 Å². The van der Waals surface area contributed by atoms with Crippen LogP contribution in [-0.4, -0.2) is 29.4 Å². The van der Waals surface area contributed by atoms with Crippen molar-refractivity contribution in [3.05, 3.63) is 29.8 Å². The maximum Gasteiger partial charge on any atom is 0.416 e. The lowest BCUT2D eigenvalue weighted by atomic mass is 9.97. The third kappa shape index (κ3) is 2.28. The van der Waals surface area contributed by atoms with Gasteiger partial charge in [0.25, 0.3) is 5.91 Å². The van der Waals surface area contributed by atoms with E-state index in [0.29, 0.717) is 11.0 Å². The highest BCUT2D eigenvalue weighted by molar-refractivity contribution is 6.47. The molecule has 1 aromatic carbocycles. The topological polar surface area (TPSA) is 76.0 Å². The maximum atomic E-state index is 12.8. The summed E-state index contributed by atoms with van der Waals surface area (Å²) in [7, 11) is 0. The van der Waals surface area contributed by atoms with Crippen LogP contribution in [0.15, 0.2) is 29.4 Å². The fourth-order valence-corrected chi connectivity index (χ4v) is 2.54. The number of benzene rings is 1.